The lowest BCUT2D eigenvalue weighted by atomic mass is 9.73. The van der Waals surface area contributed by atoms with E-state index in [0.29, 0.717) is 0 Å². The molecule has 0 saturated heterocycles. The Morgan fingerprint density at radius 2 is 1.29 bits per heavy atom. The van der Waals surface area contributed by atoms with Crippen molar-refractivity contribution in [3.8, 4) is 11.1 Å². The molecule has 0 aliphatic heterocycles. The molecular formula is C24H24. The molecule has 0 spiro atoms. The van der Waals surface area contributed by atoms with Crippen LogP contribution in [0.1, 0.15) is 49.9 Å². The van der Waals surface area contributed by atoms with Gasteiger partial charge in [0, 0.05) is 5.41 Å². The lowest BCUT2D eigenvalue weighted by Gasteiger charge is -2.30. The van der Waals surface area contributed by atoms with Crippen molar-refractivity contribution in [3.05, 3.63) is 95.1 Å². The normalized spacial score (nSPS) is 19.0. The summed E-state index contributed by atoms with van der Waals surface area (Å²) < 4.78 is 0. The average molecular weight is 312 g/mol. The van der Waals surface area contributed by atoms with Crippen LogP contribution in [-0.2, 0) is 10.8 Å². The Balaban J connectivity index is 2.05. The summed E-state index contributed by atoms with van der Waals surface area (Å²) >= 11 is 0. The predicted molar refractivity (Wildman–Crippen MR) is 103 cm³/mol. The van der Waals surface area contributed by atoms with Crippen molar-refractivity contribution in [2.75, 3.05) is 0 Å². The summed E-state index contributed by atoms with van der Waals surface area (Å²) in [7, 11) is 0. The highest BCUT2D eigenvalue weighted by atomic mass is 14.4. The fourth-order valence-corrected chi connectivity index (χ4v) is 4.04. The van der Waals surface area contributed by atoms with Gasteiger partial charge >= 0.3 is 0 Å². The van der Waals surface area contributed by atoms with Gasteiger partial charge in [0.05, 0.1) is 0 Å². The average Bonchev–Trinajstić information content (AvgIpc) is 2.85. The van der Waals surface area contributed by atoms with Crippen molar-refractivity contribution < 1.29 is 0 Å². The van der Waals surface area contributed by atoms with Crippen LogP contribution in [0, 0.1) is 0 Å². The van der Waals surface area contributed by atoms with Crippen molar-refractivity contribution in [3.63, 3.8) is 0 Å². The zero-order valence-corrected chi connectivity index (χ0v) is 14.9. The number of fused-ring (bicyclic) bond motifs is 3. The van der Waals surface area contributed by atoms with Crippen LogP contribution in [0.15, 0.2) is 72.8 Å². The van der Waals surface area contributed by atoms with Gasteiger partial charge in [-0.2, -0.15) is 0 Å². The summed E-state index contributed by atoms with van der Waals surface area (Å²) in [6.45, 7) is 9.24. The van der Waals surface area contributed by atoms with E-state index in [1.165, 1.54) is 33.4 Å². The molecule has 3 aromatic rings. The zero-order valence-electron chi connectivity index (χ0n) is 14.9. The molecule has 0 fully saturated rings. The van der Waals surface area contributed by atoms with Gasteiger partial charge in [-0.1, -0.05) is 93.6 Å². The maximum absolute atomic E-state index is 2.43. The van der Waals surface area contributed by atoms with Crippen molar-refractivity contribution in [1.82, 2.24) is 0 Å². The first-order valence-electron chi connectivity index (χ1n) is 8.73. The van der Waals surface area contributed by atoms with E-state index < -0.39 is 0 Å². The van der Waals surface area contributed by atoms with Crippen molar-refractivity contribution in [1.29, 1.82) is 0 Å². The van der Waals surface area contributed by atoms with E-state index in [1.807, 2.05) is 0 Å². The maximum atomic E-state index is 2.43. The topological polar surface area (TPSA) is 0 Å². The Morgan fingerprint density at radius 1 is 0.667 bits per heavy atom. The van der Waals surface area contributed by atoms with E-state index >= 15 is 0 Å². The lowest BCUT2D eigenvalue weighted by Crippen LogP contribution is -2.23. The van der Waals surface area contributed by atoms with Gasteiger partial charge in [0.1, 0.15) is 0 Å². The minimum Gasteiger partial charge on any atom is -0.0622 e. The SMILES string of the molecule is CC(C)(C)c1ccc2c(c1)C(C)(c1ccccc1)c1ccccc1-2. The van der Waals surface area contributed by atoms with Gasteiger partial charge in [0.2, 0.25) is 0 Å². The van der Waals surface area contributed by atoms with Gasteiger partial charge in [-0.05, 0) is 45.7 Å². The van der Waals surface area contributed by atoms with Crippen molar-refractivity contribution >= 4 is 0 Å². The van der Waals surface area contributed by atoms with Crippen molar-refractivity contribution in [2.24, 2.45) is 0 Å². The Hall–Kier alpha value is -2.34. The first kappa shape index (κ1) is 15.2. The minimum absolute atomic E-state index is 0.0888. The van der Waals surface area contributed by atoms with E-state index in [-0.39, 0.29) is 10.8 Å². The molecule has 0 bridgehead atoms. The molecule has 3 aromatic carbocycles. The van der Waals surface area contributed by atoms with Crippen LogP contribution in [-0.4, -0.2) is 0 Å². The molecule has 0 amide bonds. The highest BCUT2D eigenvalue weighted by Crippen LogP contribution is 2.52. The van der Waals surface area contributed by atoms with Crippen LogP contribution in [0.2, 0.25) is 0 Å². The molecule has 0 nitrogen and oxygen atoms in total. The Labute approximate surface area is 145 Å². The smallest absolute Gasteiger partial charge is 0.0435 e. The highest BCUT2D eigenvalue weighted by Gasteiger charge is 2.40. The molecule has 0 N–H and O–H groups in total. The summed E-state index contributed by atoms with van der Waals surface area (Å²) in [6, 6.07) is 26.8. The second-order valence-corrected chi connectivity index (χ2v) is 8.05. The quantitative estimate of drug-likeness (QED) is 0.493. The fourth-order valence-electron chi connectivity index (χ4n) is 4.04. The Kier molecular flexibility index (Phi) is 3.22. The first-order chi connectivity index (χ1) is 11.4. The molecule has 1 atom stereocenters. The number of hydrogen-bond acceptors (Lipinski definition) is 0. The van der Waals surface area contributed by atoms with E-state index in [2.05, 4.69) is 100 Å². The van der Waals surface area contributed by atoms with Crippen molar-refractivity contribution in [2.45, 2.75) is 38.5 Å². The third kappa shape index (κ3) is 2.06. The summed E-state index contributed by atoms with van der Waals surface area (Å²) in [5.41, 5.74) is 8.43. The molecule has 1 aliphatic rings. The Morgan fingerprint density at radius 3 is 2.00 bits per heavy atom. The predicted octanol–water partition coefficient (Wildman–Crippen LogP) is 6.32. The van der Waals surface area contributed by atoms with Gasteiger partial charge in [0.15, 0.2) is 0 Å². The fraction of sp³-hybridized carbons (Fsp3) is 0.250. The molecular weight excluding hydrogens is 288 g/mol. The summed E-state index contributed by atoms with van der Waals surface area (Å²) in [6.07, 6.45) is 0. The number of benzene rings is 3. The molecule has 1 unspecified atom stereocenters. The van der Waals surface area contributed by atoms with Crippen LogP contribution in [0.4, 0.5) is 0 Å². The molecule has 4 rings (SSSR count). The molecule has 0 heterocycles. The minimum atomic E-state index is -0.0888. The number of hydrogen-bond donors (Lipinski definition) is 0. The summed E-state index contributed by atoms with van der Waals surface area (Å²) in [5.74, 6) is 0. The van der Waals surface area contributed by atoms with Crippen LogP contribution >= 0.6 is 0 Å². The molecule has 1 aliphatic carbocycles. The molecule has 0 saturated carbocycles. The van der Waals surface area contributed by atoms with E-state index in [0.717, 1.165) is 0 Å². The summed E-state index contributed by atoms with van der Waals surface area (Å²) in [5, 5.41) is 0. The van der Waals surface area contributed by atoms with E-state index in [1.54, 1.807) is 0 Å². The standard InChI is InChI=1S/C24H24/c1-23(2,3)18-14-15-20-19-12-8-9-13-21(19)24(4,22(20)16-18)17-10-6-5-7-11-17/h5-16H,1-4H3. The van der Waals surface area contributed by atoms with Gasteiger partial charge < -0.3 is 0 Å². The number of rotatable bonds is 1. The van der Waals surface area contributed by atoms with Crippen LogP contribution in [0.5, 0.6) is 0 Å². The Bertz CT molecular complexity index is 897. The monoisotopic (exact) mass is 312 g/mol. The third-order valence-corrected chi connectivity index (χ3v) is 5.53. The second kappa shape index (κ2) is 5.08. The molecule has 0 aromatic heterocycles. The van der Waals surface area contributed by atoms with Gasteiger partial charge in [-0.25, -0.2) is 0 Å². The molecule has 120 valence electrons. The largest absolute Gasteiger partial charge is 0.0622 e. The third-order valence-electron chi connectivity index (χ3n) is 5.53. The molecule has 24 heavy (non-hydrogen) atoms. The van der Waals surface area contributed by atoms with E-state index in [4.69, 9.17) is 0 Å². The highest BCUT2D eigenvalue weighted by molar-refractivity contribution is 5.83. The van der Waals surface area contributed by atoms with E-state index in [9.17, 15) is 0 Å². The van der Waals surface area contributed by atoms with Gasteiger partial charge in [0.25, 0.3) is 0 Å². The van der Waals surface area contributed by atoms with Crippen LogP contribution in [0.25, 0.3) is 11.1 Å². The first-order valence-corrected chi connectivity index (χ1v) is 8.73. The summed E-state index contributed by atoms with van der Waals surface area (Å²) in [4.78, 5) is 0. The van der Waals surface area contributed by atoms with Crippen LogP contribution in [0.3, 0.4) is 0 Å². The van der Waals surface area contributed by atoms with Crippen LogP contribution < -0.4 is 0 Å². The second-order valence-electron chi connectivity index (χ2n) is 8.05. The zero-order chi connectivity index (χ0) is 16.9. The maximum Gasteiger partial charge on any atom is 0.0435 e. The lowest BCUT2D eigenvalue weighted by molar-refractivity contribution is 0.587. The molecule has 0 heteroatoms. The molecule has 0 radical (unpaired) electrons. The van der Waals surface area contributed by atoms with Gasteiger partial charge in [-0.15, -0.1) is 0 Å². The van der Waals surface area contributed by atoms with Gasteiger partial charge in [-0.3, -0.25) is 0 Å².